The van der Waals surface area contributed by atoms with Crippen molar-refractivity contribution in [3.63, 3.8) is 0 Å². The number of pyridine rings is 1. The number of hydrogen-bond donors (Lipinski definition) is 4. The molecule has 0 radical (unpaired) electrons. The van der Waals surface area contributed by atoms with Crippen LogP contribution in [-0.4, -0.2) is 11.0 Å². The lowest BCUT2D eigenvalue weighted by molar-refractivity contribution is 0.259. The number of urea groups is 1. The third kappa shape index (κ3) is 4.35. The molecule has 0 aliphatic rings. The van der Waals surface area contributed by atoms with Gasteiger partial charge in [0.15, 0.2) is 0 Å². The summed E-state index contributed by atoms with van der Waals surface area (Å²) in [7, 11) is 0. The van der Waals surface area contributed by atoms with E-state index in [9.17, 15) is 4.79 Å². The van der Waals surface area contributed by atoms with Gasteiger partial charge in [-0.25, -0.2) is 4.79 Å². The van der Waals surface area contributed by atoms with E-state index in [1.54, 1.807) is 0 Å². The number of nitrogens with one attached hydrogen (secondary N) is 1. The van der Waals surface area contributed by atoms with Crippen LogP contribution in [0.5, 0.6) is 0 Å². The Bertz CT molecular complexity index is 753. The number of aromatic nitrogens is 1. The van der Waals surface area contributed by atoms with Gasteiger partial charge in [-0.2, -0.15) is 0 Å². The van der Waals surface area contributed by atoms with E-state index in [0.717, 1.165) is 40.1 Å². The van der Waals surface area contributed by atoms with Gasteiger partial charge < -0.3 is 22.5 Å². The molecule has 134 valence electrons. The van der Waals surface area contributed by atoms with Crippen molar-refractivity contribution in [2.45, 2.75) is 40.3 Å². The molecule has 1 aromatic carbocycles. The molecule has 0 aliphatic carbocycles. The Labute approximate surface area is 148 Å². The van der Waals surface area contributed by atoms with E-state index >= 15 is 0 Å². The number of aryl methyl sites for hydroxylation is 1. The molecule has 0 bridgehead atoms. The molecule has 2 aromatic rings. The van der Waals surface area contributed by atoms with E-state index in [1.807, 2.05) is 31.2 Å². The summed E-state index contributed by atoms with van der Waals surface area (Å²) in [6, 6.07) is 7.30. The molecule has 7 N–H and O–H groups in total. The minimum atomic E-state index is -0.621. The fraction of sp³-hybridized carbons (Fsp3) is 0.368. The number of benzene rings is 1. The van der Waals surface area contributed by atoms with Crippen LogP contribution in [0.25, 0.3) is 11.1 Å². The summed E-state index contributed by atoms with van der Waals surface area (Å²) in [5.74, 6) is 0.444. The molecule has 0 fully saturated rings. The highest BCUT2D eigenvalue weighted by Gasteiger charge is 2.20. The van der Waals surface area contributed by atoms with Crippen LogP contribution in [0.2, 0.25) is 0 Å². The van der Waals surface area contributed by atoms with Gasteiger partial charge >= 0.3 is 6.03 Å². The highest BCUT2D eigenvalue weighted by molar-refractivity contribution is 5.95. The highest BCUT2D eigenvalue weighted by Crippen LogP contribution is 2.36. The number of nitrogens with zero attached hydrogens (tertiary/aromatic N) is 1. The van der Waals surface area contributed by atoms with E-state index in [-0.39, 0.29) is 0 Å². The van der Waals surface area contributed by atoms with E-state index < -0.39 is 6.03 Å². The van der Waals surface area contributed by atoms with Crippen molar-refractivity contribution >= 4 is 11.7 Å². The Morgan fingerprint density at radius 3 is 2.28 bits per heavy atom. The third-order valence-electron chi connectivity index (χ3n) is 4.10. The highest BCUT2D eigenvalue weighted by atomic mass is 16.2. The minimum Gasteiger partial charge on any atom is -0.351 e. The summed E-state index contributed by atoms with van der Waals surface area (Å²) < 4.78 is 0. The van der Waals surface area contributed by atoms with Crippen molar-refractivity contribution in [1.82, 2.24) is 4.98 Å². The fourth-order valence-corrected chi connectivity index (χ4v) is 2.98. The smallest absolute Gasteiger partial charge is 0.316 e. The predicted molar refractivity (Wildman–Crippen MR) is 102 cm³/mol. The Hall–Kier alpha value is -2.44. The molecule has 0 saturated heterocycles. The maximum absolute atomic E-state index is 11.5. The summed E-state index contributed by atoms with van der Waals surface area (Å²) in [6.45, 7) is 6.96. The number of carbonyl (C=O) groups excluding carboxylic acids is 1. The molecule has 2 amide bonds. The zero-order valence-corrected chi connectivity index (χ0v) is 15.1. The first-order valence-electron chi connectivity index (χ1n) is 8.45. The first-order chi connectivity index (χ1) is 11.9. The standard InChI is InChI=1S/C19H27N5O/c1-11(2)8-16-15(10-21)17(14-6-4-13(9-20)5-7-14)18(12(3)23-16)24-19(22)25/h4-7,11H,8-10,20-21H2,1-3H3,(H3,22,24,25). The number of rotatable bonds is 6. The number of carbonyl (C=O) groups is 1. The van der Waals surface area contributed by atoms with Crippen LogP contribution in [0.4, 0.5) is 10.5 Å². The Balaban J connectivity index is 2.73. The molecule has 0 spiro atoms. The number of primary amides is 1. The van der Waals surface area contributed by atoms with Crippen molar-refractivity contribution in [1.29, 1.82) is 0 Å². The maximum Gasteiger partial charge on any atom is 0.316 e. The maximum atomic E-state index is 11.5. The van der Waals surface area contributed by atoms with Crippen molar-refractivity contribution in [2.24, 2.45) is 23.1 Å². The minimum absolute atomic E-state index is 0.330. The average Bonchev–Trinajstić information content (AvgIpc) is 2.56. The van der Waals surface area contributed by atoms with Gasteiger partial charge in [0.1, 0.15) is 0 Å². The molecular weight excluding hydrogens is 314 g/mol. The summed E-state index contributed by atoms with van der Waals surface area (Å²) >= 11 is 0. The number of amides is 2. The van der Waals surface area contributed by atoms with Crippen LogP contribution in [0, 0.1) is 12.8 Å². The molecule has 1 aromatic heterocycles. The molecule has 0 aliphatic heterocycles. The summed E-state index contributed by atoms with van der Waals surface area (Å²) in [6.07, 6.45) is 0.818. The SMILES string of the molecule is Cc1nc(CC(C)C)c(CN)c(-c2ccc(CN)cc2)c1NC(N)=O. The van der Waals surface area contributed by atoms with E-state index in [2.05, 4.69) is 24.1 Å². The monoisotopic (exact) mass is 341 g/mol. The fourth-order valence-electron chi connectivity index (χ4n) is 2.98. The third-order valence-corrected chi connectivity index (χ3v) is 4.10. The van der Waals surface area contributed by atoms with Gasteiger partial charge in [-0.1, -0.05) is 38.1 Å². The molecule has 0 atom stereocenters. The van der Waals surface area contributed by atoms with Crippen molar-refractivity contribution in [3.8, 4) is 11.1 Å². The van der Waals surface area contributed by atoms with Gasteiger partial charge in [0.25, 0.3) is 0 Å². The van der Waals surface area contributed by atoms with E-state index in [1.165, 1.54) is 0 Å². The molecule has 6 heteroatoms. The van der Waals surface area contributed by atoms with Crippen LogP contribution >= 0.6 is 0 Å². The lowest BCUT2D eigenvalue weighted by Gasteiger charge is -2.21. The van der Waals surface area contributed by atoms with Crippen LogP contribution < -0.4 is 22.5 Å². The van der Waals surface area contributed by atoms with Crippen molar-refractivity contribution in [2.75, 3.05) is 5.32 Å². The molecule has 25 heavy (non-hydrogen) atoms. The predicted octanol–water partition coefficient (Wildman–Crippen LogP) is 2.66. The van der Waals surface area contributed by atoms with Crippen molar-refractivity contribution in [3.05, 3.63) is 46.8 Å². The average molecular weight is 341 g/mol. The van der Waals surface area contributed by atoms with E-state index in [4.69, 9.17) is 17.2 Å². The molecule has 1 heterocycles. The van der Waals surface area contributed by atoms with Gasteiger partial charge in [0, 0.05) is 24.3 Å². The Morgan fingerprint density at radius 1 is 1.16 bits per heavy atom. The second kappa shape index (κ2) is 8.09. The second-order valence-corrected chi connectivity index (χ2v) is 6.56. The van der Waals surface area contributed by atoms with Gasteiger partial charge in [0.05, 0.1) is 11.4 Å². The number of nitrogens with two attached hydrogens (primary N) is 3. The second-order valence-electron chi connectivity index (χ2n) is 6.56. The van der Waals surface area contributed by atoms with Gasteiger partial charge in [-0.05, 0) is 36.0 Å². The number of hydrogen-bond acceptors (Lipinski definition) is 4. The van der Waals surface area contributed by atoms with Crippen LogP contribution in [0.1, 0.15) is 36.4 Å². The first kappa shape index (κ1) is 18.9. The quantitative estimate of drug-likeness (QED) is 0.645. The topological polar surface area (TPSA) is 120 Å². The molecule has 0 saturated carbocycles. The normalized spacial score (nSPS) is 11.0. The molecule has 0 unspecified atom stereocenters. The Kier molecular flexibility index (Phi) is 6.12. The van der Waals surface area contributed by atoms with Crippen LogP contribution in [0.3, 0.4) is 0 Å². The van der Waals surface area contributed by atoms with Crippen molar-refractivity contribution < 1.29 is 4.79 Å². The first-order valence-corrected chi connectivity index (χ1v) is 8.45. The van der Waals surface area contributed by atoms with Gasteiger partial charge in [0.2, 0.25) is 0 Å². The molecule has 2 rings (SSSR count). The largest absolute Gasteiger partial charge is 0.351 e. The zero-order valence-electron chi connectivity index (χ0n) is 15.1. The molecular formula is C19H27N5O. The van der Waals surface area contributed by atoms with Gasteiger partial charge in [-0.15, -0.1) is 0 Å². The Morgan fingerprint density at radius 2 is 1.80 bits per heavy atom. The zero-order chi connectivity index (χ0) is 18.6. The molecule has 6 nitrogen and oxygen atoms in total. The lowest BCUT2D eigenvalue weighted by atomic mass is 9.92. The summed E-state index contributed by atoms with van der Waals surface area (Å²) in [4.78, 5) is 16.2. The number of anilines is 1. The summed E-state index contributed by atoms with van der Waals surface area (Å²) in [5.41, 5.74) is 23.2. The van der Waals surface area contributed by atoms with E-state index in [0.29, 0.717) is 24.7 Å². The lowest BCUT2D eigenvalue weighted by Crippen LogP contribution is -2.22. The van der Waals surface area contributed by atoms with Crippen LogP contribution in [0.15, 0.2) is 24.3 Å². The summed E-state index contributed by atoms with van der Waals surface area (Å²) in [5, 5.41) is 2.72. The van der Waals surface area contributed by atoms with Crippen LogP contribution in [-0.2, 0) is 19.5 Å². The van der Waals surface area contributed by atoms with Gasteiger partial charge in [-0.3, -0.25) is 4.98 Å².